The zero-order valence-electron chi connectivity index (χ0n) is 10.2. The third-order valence-electron chi connectivity index (χ3n) is 3.66. The monoisotopic (exact) mass is 235 g/mol. The highest BCUT2D eigenvalue weighted by atomic mass is 16.7. The maximum Gasteiger partial charge on any atom is 0.231 e. The molecule has 4 heteroatoms. The average molecular weight is 235 g/mol. The number of nitrogens with two attached hydrogens (primary N) is 1. The van der Waals surface area contributed by atoms with Crippen molar-refractivity contribution in [1.29, 1.82) is 0 Å². The molecule has 17 heavy (non-hydrogen) atoms. The lowest BCUT2D eigenvalue weighted by Gasteiger charge is -2.38. The van der Waals surface area contributed by atoms with E-state index in [4.69, 9.17) is 19.9 Å². The van der Waals surface area contributed by atoms with E-state index in [0.29, 0.717) is 0 Å². The standard InChI is InChI=1S/C13H17NO3/c1-3-13(2)6-9(14)8-4-11-12(16-7-15-11)5-10(8)17-13/h4-5,9H,3,6-7,14H2,1-2H3. The Bertz CT molecular complexity index is 460. The molecule has 0 aliphatic carbocycles. The molecule has 2 heterocycles. The zero-order chi connectivity index (χ0) is 12.0. The predicted molar refractivity (Wildman–Crippen MR) is 63.4 cm³/mol. The minimum Gasteiger partial charge on any atom is -0.487 e. The van der Waals surface area contributed by atoms with Crippen molar-refractivity contribution in [1.82, 2.24) is 0 Å². The van der Waals surface area contributed by atoms with Crippen molar-refractivity contribution in [3.8, 4) is 17.2 Å². The summed E-state index contributed by atoms with van der Waals surface area (Å²) in [5.41, 5.74) is 7.05. The van der Waals surface area contributed by atoms with Crippen LogP contribution in [-0.2, 0) is 0 Å². The highest BCUT2D eigenvalue weighted by molar-refractivity contribution is 5.53. The largest absolute Gasteiger partial charge is 0.487 e. The summed E-state index contributed by atoms with van der Waals surface area (Å²) >= 11 is 0. The fraction of sp³-hybridized carbons (Fsp3) is 0.538. The van der Waals surface area contributed by atoms with Crippen molar-refractivity contribution < 1.29 is 14.2 Å². The quantitative estimate of drug-likeness (QED) is 0.812. The molecule has 1 aromatic rings. The summed E-state index contributed by atoms with van der Waals surface area (Å²) in [7, 11) is 0. The molecule has 2 N–H and O–H groups in total. The second-order valence-electron chi connectivity index (χ2n) is 4.96. The molecular formula is C13H17NO3. The van der Waals surface area contributed by atoms with Gasteiger partial charge in [-0.1, -0.05) is 6.92 Å². The zero-order valence-corrected chi connectivity index (χ0v) is 10.2. The van der Waals surface area contributed by atoms with Crippen molar-refractivity contribution in [2.75, 3.05) is 6.79 Å². The van der Waals surface area contributed by atoms with Crippen LogP contribution in [0, 0.1) is 0 Å². The van der Waals surface area contributed by atoms with Gasteiger partial charge >= 0.3 is 0 Å². The van der Waals surface area contributed by atoms with Gasteiger partial charge in [0.1, 0.15) is 11.4 Å². The number of benzene rings is 1. The van der Waals surface area contributed by atoms with E-state index in [1.54, 1.807) is 0 Å². The molecule has 0 aromatic heterocycles. The number of hydrogen-bond acceptors (Lipinski definition) is 4. The fourth-order valence-corrected chi connectivity index (χ4v) is 2.42. The topological polar surface area (TPSA) is 53.7 Å². The van der Waals surface area contributed by atoms with Gasteiger partial charge in [0, 0.05) is 24.1 Å². The SMILES string of the molecule is CCC1(C)CC(N)c2cc3c(cc2O1)OCO3. The molecular weight excluding hydrogens is 218 g/mol. The van der Waals surface area contributed by atoms with Crippen molar-refractivity contribution >= 4 is 0 Å². The normalized spacial score (nSPS) is 29.7. The van der Waals surface area contributed by atoms with Crippen LogP contribution in [0.3, 0.4) is 0 Å². The Morgan fingerprint density at radius 3 is 2.71 bits per heavy atom. The Morgan fingerprint density at radius 1 is 1.29 bits per heavy atom. The molecule has 92 valence electrons. The first-order chi connectivity index (χ1) is 8.11. The summed E-state index contributed by atoms with van der Waals surface area (Å²) < 4.78 is 16.8. The van der Waals surface area contributed by atoms with Crippen molar-refractivity contribution in [2.24, 2.45) is 5.73 Å². The summed E-state index contributed by atoms with van der Waals surface area (Å²) in [5.74, 6) is 2.34. The van der Waals surface area contributed by atoms with Crippen LogP contribution in [0.15, 0.2) is 12.1 Å². The minimum absolute atomic E-state index is 0.00167. The fourth-order valence-electron chi connectivity index (χ4n) is 2.42. The molecule has 0 spiro atoms. The Labute approximate surface area is 101 Å². The van der Waals surface area contributed by atoms with Gasteiger partial charge in [0.15, 0.2) is 11.5 Å². The Morgan fingerprint density at radius 2 is 2.00 bits per heavy atom. The summed E-state index contributed by atoms with van der Waals surface area (Å²) in [6.45, 7) is 4.49. The van der Waals surface area contributed by atoms with Gasteiger partial charge in [-0.3, -0.25) is 0 Å². The lowest BCUT2D eigenvalue weighted by molar-refractivity contribution is 0.0501. The van der Waals surface area contributed by atoms with Crippen LogP contribution in [0.25, 0.3) is 0 Å². The van der Waals surface area contributed by atoms with E-state index in [1.165, 1.54) is 0 Å². The van der Waals surface area contributed by atoms with Gasteiger partial charge in [-0.2, -0.15) is 0 Å². The van der Waals surface area contributed by atoms with Crippen molar-refractivity contribution in [3.63, 3.8) is 0 Å². The first-order valence-electron chi connectivity index (χ1n) is 5.99. The molecule has 1 aromatic carbocycles. The summed E-state index contributed by atoms with van der Waals surface area (Å²) in [6.07, 6.45) is 1.77. The molecule has 0 fully saturated rings. The lowest BCUT2D eigenvalue weighted by Crippen LogP contribution is -2.39. The maximum atomic E-state index is 6.22. The van der Waals surface area contributed by atoms with E-state index in [9.17, 15) is 0 Å². The molecule has 0 amide bonds. The van der Waals surface area contributed by atoms with Crippen LogP contribution in [0.1, 0.15) is 38.3 Å². The molecule has 3 rings (SSSR count). The van der Waals surface area contributed by atoms with Gasteiger partial charge in [-0.25, -0.2) is 0 Å². The van der Waals surface area contributed by atoms with E-state index in [1.807, 2.05) is 12.1 Å². The number of hydrogen-bond donors (Lipinski definition) is 1. The van der Waals surface area contributed by atoms with Crippen LogP contribution in [-0.4, -0.2) is 12.4 Å². The Balaban J connectivity index is 2.05. The Hall–Kier alpha value is -1.42. The molecule has 0 bridgehead atoms. The number of rotatable bonds is 1. The van der Waals surface area contributed by atoms with Crippen LogP contribution >= 0.6 is 0 Å². The van der Waals surface area contributed by atoms with E-state index in [2.05, 4.69) is 13.8 Å². The van der Waals surface area contributed by atoms with Crippen molar-refractivity contribution in [2.45, 2.75) is 38.3 Å². The molecule has 2 atom stereocenters. The van der Waals surface area contributed by atoms with Crippen LogP contribution in [0.2, 0.25) is 0 Å². The highest BCUT2D eigenvalue weighted by Gasteiger charge is 2.35. The Kier molecular flexibility index (Phi) is 2.23. The molecule has 2 aliphatic heterocycles. The van der Waals surface area contributed by atoms with Gasteiger partial charge in [0.05, 0.1) is 0 Å². The van der Waals surface area contributed by atoms with Crippen molar-refractivity contribution in [3.05, 3.63) is 17.7 Å². The van der Waals surface area contributed by atoms with Gasteiger partial charge in [0.25, 0.3) is 0 Å². The van der Waals surface area contributed by atoms with Gasteiger partial charge in [-0.05, 0) is 19.4 Å². The highest BCUT2D eigenvalue weighted by Crippen LogP contribution is 2.46. The summed E-state index contributed by atoms with van der Waals surface area (Å²) in [6, 6.07) is 3.83. The molecule has 2 unspecified atom stereocenters. The first kappa shape index (κ1) is 10.7. The number of ether oxygens (including phenoxy) is 3. The second-order valence-corrected chi connectivity index (χ2v) is 4.96. The summed E-state index contributed by atoms with van der Waals surface area (Å²) in [5, 5.41) is 0. The van der Waals surface area contributed by atoms with Gasteiger partial charge in [0.2, 0.25) is 6.79 Å². The van der Waals surface area contributed by atoms with Crippen LogP contribution < -0.4 is 19.9 Å². The first-order valence-corrected chi connectivity index (χ1v) is 5.99. The van der Waals surface area contributed by atoms with E-state index in [-0.39, 0.29) is 18.4 Å². The van der Waals surface area contributed by atoms with Gasteiger partial charge < -0.3 is 19.9 Å². The smallest absolute Gasteiger partial charge is 0.231 e. The minimum atomic E-state index is -0.180. The van der Waals surface area contributed by atoms with Crippen LogP contribution in [0.4, 0.5) is 0 Å². The van der Waals surface area contributed by atoms with Crippen LogP contribution in [0.5, 0.6) is 17.2 Å². The number of fused-ring (bicyclic) bond motifs is 2. The maximum absolute atomic E-state index is 6.22. The van der Waals surface area contributed by atoms with E-state index >= 15 is 0 Å². The summed E-state index contributed by atoms with van der Waals surface area (Å²) in [4.78, 5) is 0. The molecule has 4 nitrogen and oxygen atoms in total. The average Bonchev–Trinajstić information content (AvgIpc) is 2.74. The second kappa shape index (κ2) is 3.53. The molecule has 2 aliphatic rings. The van der Waals surface area contributed by atoms with E-state index in [0.717, 1.165) is 35.7 Å². The molecule has 0 saturated carbocycles. The van der Waals surface area contributed by atoms with E-state index < -0.39 is 0 Å². The molecule has 0 saturated heterocycles. The van der Waals surface area contributed by atoms with Gasteiger partial charge in [-0.15, -0.1) is 0 Å². The molecule has 0 radical (unpaired) electrons. The predicted octanol–water partition coefficient (Wildman–Crippen LogP) is 2.37. The third-order valence-corrected chi connectivity index (χ3v) is 3.66. The lowest BCUT2D eigenvalue weighted by atomic mass is 9.87. The third kappa shape index (κ3) is 1.63.